The quantitative estimate of drug-likeness (QED) is 0.739. The van der Waals surface area contributed by atoms with Crippen LogP contribution >= 0.6 is 23.4 Å². The van der Waals surface area contributed by atoms with Crippen LogP contribution in [0.1, 0.15) is 5.56 Å². The van der Waals surface area contributed by atoms with Gasteiger partial charge in [0.2, 0.25) is 5.91 Å². The zero-order chi connectivity index (χ0) is 17.7. The van der Waals surface area contributed by atoms with E-state index in [0.29, 0.717) is 5.75 Å². The summed E-state index contributed by atoms with van der Waals surface area (Å²) in [6.07, 6.45) is -4.60. The highest BCUT2D eigenvalue weighted by Crippen LogP contribution is 2.36. The van der Waals surface area contributed by atoms with Crippen LogP contribution in [0.5, 0.6) is 5.75 Å². The SMILES string of the molecule is COc1cccc(SCC(=O)Nc2ccc(Cl)cc2C(F)(F)F)c1. The van der Waals surface area contributed by atoms with Crippen molar-refractivity contribution in [3.63, 3.8) is 0 Å². The third-order valence-corrected chi connectivity index (χ3v) is 4.20. The van der Waals surface area contributed by atoms with E-state index in [-0.39, 0.29) is 16.5 Å². The number of ether oxygens (including phenoxy) is 1. The Bertz CT molecular complexity index is 738. The maximum absolute atomic E-state index is 13.0. The second kappa shape index (κ2) is 7.81. The lowest BCUT2D eigenvalue weighted by molar-refractivity contribution is -0.137. The minimum Gasteiger partial charge on any atom is -0.497 e. The zero-order valence-corrected chi connectivity index (χ0v) is 14.1. The van der Waals surface area contributed by atoms with Crippen molar-refractivity contribution < 1.29 is 22.7 Å². The highest BCUT2D eigenvalue weighted by molar-refractivity contribution is 8.00. The molecule has 0 spiro atoms. The van der Waals surface area contributed by atoms with Crippen molar-refractivity contribution in [1.29, 1.82) is 0 Å². The molecule has 0 aliphatic carbocycles. The number of halogens is 4. The molecule has 0 aliphatic heterocycles. The molecule has 0 atom stereocenters. The molecule has 0 saturated carbocycles. The monoisotopic (exact) mass is 375 g/mol. The van der Waals surface area contributed by atoms with Gasteiger partial charge in [-0.25, -0.2) is 0 Å². The molecular formula is C16H13ClF3NO2S. The van der Waals surface area contributed by atoms with Crippen molar-refractivity contribution in [3.05, 3.63) is 53.1 Å². The lowest BCUT2D eigenvalue weighted by Crippen LogP contribution is -2.18. The van der Waals surface area contributed by atoms with E-state index in [1.807, 2.05) is 0 Å². The molecule has 2 rings (SSSR count). The summed E-state index contributed by atoms with van der Waals surface area (Å²) in [5.74, 6) is 0.0562. The van der Waals surface area contributed by atoms with Gasteiger partial charge in [0.25, 0.3) is 0 Å². The van der Waals surface area contributed by atoms with E-state index in [2.05, 4.69) is 5.32 Å². The van der Waals surface area contributed by atoms with Gasteiger partial charge in [-0.05, 0) is 36.4 Å². The van der Waals surface area contributed by atoms with Crippen LogP contribution in [0, 0.1) is 0 Å². The number of anilines is 1. The first-order chi connectivity index (χ1) is 11.3. The first kappa shape index (κ1) is 18.5. The van der Waals surface area contributed by atoms with Crippen molar-refractivity contribution in [2.75, 3.05) is 18.2 Å². The summed E-state index contributed by atoms with van der Waals surface area (Å²) >= 11 is 6.79. The van der Waals surface area contributed by atoms with Crippen LogP contribution in [0.25, 0.3) is 0 Å². The van der Waals surface area contributed by atoms with Gasteiger partial charge in [-0.2, -0.15) is 13.2 Å². The molecule has 8 heteroatoms. The molecule has 0 heterocycles. The van der Waals surface area contributed by atoms with Gasteiger partial charge in [-0.3, -0.25) is 4.79 Å². The summed E-state index contributed by atoms with van der Waals surface area (Å²) in [6, 6.07) is 10.3. The average Bonchev–Trinajstić information content (AvgIpc) is 2.54. The number of thioether (sulfide) groups is 1. The maximum atomic E-state index is 13.0. The lowest BCUT2D eigenvalue weighted by atomic mass is 10.1. The Balaban J connectivity index is 2.05. The van der Waals surface area contributed by atoms with E-state index in [9.17, 15) is 18.0 Å². The molecule has 0 aliphatic rings. The largest absolute Gasteiger partial charge is 0.497 e. The topological polar surface area (TPSA) is 38.3 Å². The maximum Gasteiger partial charge on any atom is 0.418 e. The third kappa shape index (κ3) is 5.07. The predicted molar refractivity (Wildman–Crippen MR) is 88.8 cm³/mol. The summed E-state index contributed by atoms with van der Waals surface area (Å²) in [7, 11) is 1.52. The first-order valence-electron chi connectivity index (χ1n) is 6.73. The van der Waals surface area contributed by atoms with Gasteiger partial charge in [-0.1, -0.05) is 17.7 Å². The van der Waals surface area contributed by atoms with Gasteiger partial charge in [0.05, 0.1) is 24.1 Å². The minimum atomic E-state index is -4.60. The second-order valence-corrected chi connectivity index (χ2v) is 6.19. The van der Waals surface area contributed by atoms with E-state index >= 15 is 0 Å². The van der Waals surface area contributed by atoms with Crippen LogP contribution in [0.2, 0.25) is 5.02 Å². The molecule has 0 radical (unpaired) electrons. The first-order valence-corrected chi connectivity index (χ1v) is 8.09. The third-order valence-electron chi connectivity index (χ3n) is 2.97. The smallest absolute Gasteiger partial charge is 0.418 e. The van der Waals surface area contributed by atoms with Crippen molar-refractivity contribution in [2.45, 2.75) is 11.1 Å². The molecule has 0 unspecified atom stereocenters. The van der Waals surface area contributed by atoms with E-state index in [1.54, 1.807) is 24.3 Å². The molecule has 24 heavy (non-hydrogen) atoms. The molecule has 2 aromatic carbocycles. The summed E-state index contributed by atoms with van der Waals surface area (Å²) in [5, 5.41) is 2.22. The molecular weight excluding hydrogens is 363 g/mol. The van der Waals surface area contributed by atoms with Crippen LogP contribution in [-0.2, 0) is 11.0 Å². The highest BCUT2D eigenvalue weighted by atomic mass is 35.5. The Kier molecular flexibility index (Phi) is 6.01. The molecule has 0 bridgehead atoms. The predicted octanol–water partition coefficient (Wildman–Crippen LogP) is 5.10. The number of nitrogens with one attached hydrogen (secondary N) is 1. The molecule has 0 saturated heterocycles. The summed E-state index contributed by atoms with van der Waals surface area (Å²) in [6.45, 7) is 0. The molecule has 1 amide bonds. The van der Waals surface area contributed by atoms with E-state index in [1.165, 1.54) is 24.9 Å². The van der Waals surface area contributed by atoms with E-state index in [4.69, 9.17) is 16.3 Å². The Hall–Kier alpha value is -1.86. The number of methoxy groups -OCH3 is 1. The van der Waals surface area contributed by atoms with Crippen LogP contribution in [0.3, 0.4) is 0 Å². The number of alkyl halides is 3. The molecule has 1 N–H and O–H groups in total. The van der Waals surface area contributed by atoms with Gasteiger partial charge in [0.1, 0.15) is 5.75 Å². The van der Waals surface area contributed by atoms with Crippen molar-refractivity contribution in [3.8, 4) is 5.75 Å². The zero-order valence-electron chi connectivity index (χ0n) is 12.5. The summed E-state index contributed by atoms with van der Waals surface area (Å²) < 4.78 is 44.0. The van der Waals surface area contributed by atoms with E-state index < -0.39 is 17.6 Å². The van der Waals surface area contributed by atoms with Crippen LogP contribution < -0.4 is 10.1 Å². The van der Waals surface area contributed by atoms with Crippen molar-refractivity contribution in [1.82, 2.24) is 0 Å². The van der Waals surface area contributed by atoms with Gasteiger partial charge in [0.15, 0.2) is 0 Å². The van der Waals surface area contributed by atoms with Gasteiger partial charge in [-0.15, -0.1) is 11.8 Å². The number of rotatable bonds is 5. The highest BCUT2D eigenvalue weighted by Gasteiger charge is 2.34. The average molecular weight is 376 g/mol. The normalized spacial score (nSPS) is 11.2. The lowest BCUT2D eigenvalue weighted by Gasteiger charge is -2.14. The summed E-state index contributed by atoms with van der Waals surface area (Å²) in [4.78, 5) is 12.7. The van der Waals surface area contributed by atoms with Gasteiger partial charge in [0, 0.05) is 9.92 Å². The number of hydrogen-bond acceptors (Lipinski definition) is 3. The summed E-state index contributed by atoms with van der Waals surface area (Å²) in [5.41, 5.74) is -1.29. The fraction of sp³-hybridized carbons (Fsp3) is 0.188. The standard InChI is InChI=1S/C16H13ClF3NO2S/c1-23-11-3-2-4-12(8-11)24-9-15(22)21-14-6-5-10(17)7-13(14)16(18,19)20/h2-8H,9H2,1H3,(H,21,22). The van der Waals surface area contributed by atoms with Crippen LogP contribution in [0.4, 0.5) is 18.9 Å². The van der Waals surface area contributed by atoms with Crippen LogP contribution in [-0.4, -0.2) is 18.8 Å². The molecule has 0 aromatic heterocycles. The van der Waals surface area contributed by atoms with E-state index in [0.717, 1.165) is 17.0 Å². The fourth-order valence-electron chi connectivity index (χ4n) is 1.89. The fourth-order valence-corrected chi connectivity index (χ4v) is 2.80. The van der Waals surface area contributed by atoms with Crippen LogP contribution in [0.15, 0.2) is 47.4 Å². The number of carbonyl (C=O) groups is 1. The number of benzene rings is 2. The molecule has 128 valence electrons. The van der Waals surface area contributed by atoms with Crippen molar-refractivity contribution >= 4 is 35.0 Å². The Morgan fingerprint density at radius 3 is 2.67 bits per heavy atom. The molecule has 0 fully saturated rings. The number of amides is 1. The molecule has 2 aromatic rings. The number of hydrogen-bond donors (Lipinski definition) is 1. The Labute approximate surface area is 146 Å². The number of carbonyl (C=O) groups excluding carboxylic acids is 1. The Morgan fingerprint density at radius 2 is 2.00 bits per heavy atom. The minimum absolute atomic E-state index is 0.0346. The molecule has 3 nitrogen and oxygen atoms in total. The second-order valence-electron chi connectivity index (χ2n) is 4.70. The van der Waals surface area contributed by atoms with Gasteiger partial charge < -0.3 is 10.1 Å². The van der Waals surface area contributed by atoms with Crippen molar-refractivity contribution in [2.24, 2.45) is 0 Å². The Morgan fingerprint density at radius 1 is 1.25 bits per heavy atom. The van der Waals surface area contributed by atoms with Gasteiger partial charge >= 0.3 is 6.18 Å².